The average molecular weight is 353 g/mol. The molecule has 3 heterocycles. The van der Waals surface area contributed by atoms with E-state index in [2.05, 4.69) is 40.5 Å². The van der Waals surface area contributed by atoms with E-state index < -0.39 is 0 Å². The molecule has 1 spiro atoms. The second-order valence-electron chi connectivity index (χ2n) is 7.30. The molecule has 5 heteroatoms. The van der Waals surface area contributed by atoms with Crippen molar-refractivity contribution in [3.05, 3.63) is 46.2 Å². The van der Waals surface area contributed by atoms with Crippen molar-refractivity contribution in [2.45, 2.75) is 19.3 Å². The second-order valence-corrected chi connectivity index (χ2v) is 8.16. The molecule has 3 aliphatic heterocycles. The van der Waals surface area contributed by atoms with Crippen molar-refractivity contribution in [2.75, 3.05) is 39.0 Å². The molecule has 1 unspecified atom stereocenters. The zero-order valence-electron chi connectivity index (χ0n) is 14.7. The Bertz CT molecular complexity index is 752. The van der Waals surface area contributed by atoms with Crippen molar-refractivity contribution < 1.29 is 0 Å². The molecule has 1 saturated heterocycles. The summed E-state index contributed by atoms with van der Waals surface area (Å²) in [5.74, 6) is 1.03. The first-order valence-electron chi connectivity index (χ1n) is 9.01. The van der Waals surface area contributed by atoms with Gasteiger partial charge in [0.1, 0.15) is 0 Å². The Morgan fingerprint density at radius 3 is 3.12 bits per heavy atom. The fourth-order valence-electron chi connectivity index (χ4n) is 4.31. The van der Waals surface area contributed by atoms with Gasteiger partial charge in [-0.2, -0.15) is 5.26 Å². The van der Waals surface area contributed by atoms with Crippen molar-refractivity contribution in [1.29, 1.82) is 5.26 Å². The first-order chi connectivity index (χ1) is 12.2. The van der Waals surface area contributed by atoms with Crippen LogP contribution < -0.4 is 0 Å². The Kier molecular flexibility index (Phi) is 4.58. The minimum atomic E-state index is -0.0529. The van der Waals surface area contributed by atoms with Gasteiger partial charge in [-0.15, -0.1) is 11.8 Å². The SMILES string of the molecule is CN1CCCN(C2=CC=NC3=CCC(=CC#N)CC34CSC=C24)CC1. The third kappa shape index (κ3) is 2.98. The summed E-state index contributed by atoms with van der Waals surface area (Å²) in [6, 6.07) is 2.23. The van der Waals surface area contributed by atoms with E-state index in [0.717, 1.165) is 44.8 Å². The number of allylic oxidation sites excluding steroid dienone is 6. The molecule has 130 valence electrons. The highest BCUT2D eigenvalue weighted by atomic mass is 32.2. The number of nitriles is 1. The maximum atomic E-state index is 9.10. The van der Waals surface area contributed by atoms with Crippen molar-refractivity contribution >= 4 is 18.0 Å². The van der Waals surface area contributed by atoms with Gasteiger partial charge in [-0.1, -0.05) is 11.6 Å². The predicted octanol–water partition coefficient (Wildman–Crippen LogP) is 3.34. The predicted molar refractivity (Wildman–Crippen MR) is 104 cm³/mol. The van der Waals surface area contributed by atoms with Gasteiger partial charge >= 0.3 is 0 Å². The number of thioether (sulfide) groups is 1. The van der Waals surface area contributed by atoms with E-state index in [-0.39, 0.29) is 5.41 Å². The van der Waals surface area contributed by atoms with E-state index in [1.165, 1.54) is 29.0 Å². The molecule has 4 nitrogen and oxygen atoms in total. The van der Waals surface area contributed by atoms with Gasteiger partial charge in [0.2, 0.25) is 0 Å². The number of aliphatic imine (C=N–C) groups is 1. The molecular weight excluding hydrogens is 328 g/mol. The lowest BCUT2D eigenvalue weighted by molar-refractivity contribution is 0.320. The summed E-state index contributed by atoms with van der Waals surface area (Å²) < 4.78 is 0. The molecule has 0 saturated carbocycles. The molecular formula is C20H24N4S. The van der Waals surface area contributed by atoms with Crippen molar-refractivity contribution in [3.63, 3.8) is 0 Å². The van der Waals surface area contributed by atoms with E-state index in [4.69, 9.17) is 10.3 Å². The summed E-state index contributed by atoms with van der Waals surface area (Å²) in [5.41, 5.74) is 5.12. The Labute approximate surface area is 154 Å². The molecule has 1 aliphatic carbocycles. The van der Waals surface area contributed by atoms with Gasteiger partial charge in [-0.3, -0.25) is 4.99 Å². The van der Waals surface area contributed by atoms with Gasteiger partial charge < -0.3 is 9.80 Å². The number of hydrogen-bond acceptors (Lipinski definition) is 5. The largest absolute Gasteiger partial charge is 0.370 e. The molecule has 25 heavy (non-hydrogen) atoms. The van der Waals surface area contributed by atoms with Crippen LogP contribution in [0.2, 0.25) is 0 Å². The van der Waals surface area contributed by atoms with E-state index in [0.29, 0.717) is 0 Å². The molecule has 1 atom stereocenters. The highest BCUT2D eigenvalue weighted by Crippen LogP contribution is 2.56. The van der Waals surface area contributed by atoms with E-state index in [1.807, 2.05) is 18.0 Å². The van der Waals surface area contributed by atoms with Crippen LogP contribution >= 0.6 is 11.8 Å². The molecule has 4 aliphatic rings. The summed E-state index contributed by atoms with van der Waals surface area (Å²) in [4.78, 5) is 9.77. The quantitative estimate of drug-likeness (QED) is 0.679. The minimum absolute atomic E-state index is 0.0529. The van der Waals surface area contributed by atoms with Crippen LogP contribution in [0.1, 0.15) is 19.3 Å². The van der Waals surface area contributed by atoms with Crippen LogP contribution in [-0.4, -0.2) is 55.0 Å². The molecule has 1 fully saturated rings. The first kappa shape index (κ1) is 16.7. The summed E-state index contributed by atoms with van der Waals surface area (Å²) in [5, 5.41) is 11.4. The van der Waals surface area contributed by atoms with Crippen LogP contribution in [0, 0.1) is 16.7 Å². The molecule has 4 rings (SSSR count). The Morgan fingerprint density at radius 2 is 2.24 bits per heavy atom. The Hall–Kier alpha value is -1.77. The van der Waals surface area contributed by atoms with Gasteiger partial charge in [0, 0.05) is 49.1 Å². The monoisotopic (exact) mass is 352 g/mol. The molecule has 0 amide bonds. The van der Waals surface area contributed by atoms with Gasteiger partial charge in [0.25, 0.3) is 0 Å². The van der Waals surface area contributed by atoms with Gasteiger partial charge in [0.15, 0.2) is 0 Å². The Balaban J connectivity index is 1.70. The van der Waals surface area contributed by atoms with Crippen LogP contribution in [0.4, 0.5) is 0 Å². The third-order valence-corrected chi connectivity index (χ3v) is 6.74. The van der Waals surface area contributed by atoms with Crippen LogP contribution in [0.15, 0.2) is 51.2 Å². The summed E-state index contributed by atoms with van der Waals surface area (Å²) in [6.07, 6.45) is 11.1. The topological polar surface area (TPSA) is 42.6 Å². The van der Waals surface area contributed by atoms with Crippen LogP contribution in [0.3, 0.4) is 0 Å². The number of nitrogens with zero attached hydrogens (tertiary/aromatic N) is 4. The second kappa shape index (κ2) is 6.86. The van der Waals surface area contributed by atoms with Gasteiger partial charge in [-0.05, 0) is 49.9 Å². The molecule has 0 aromatic rings. The van der Waals surface area contributed by atoms with Crippen LogP contribution in [-0.2, 0) is 0 Å². The van der Waals surface area contributed by atoms with Crippen molar-refractivity contribution in [1.82, 2.24) is 9.80 Å². The summed E-state index contributed by atoms with van der Waals surface area (Å²) in [7, 11) is 2.21. The number of likely N-dealkylation sites (N-methyl/N-ethyl adjacent to an activating group) is 1. The van der Waals surface area contributed by atoms with Gasteiger partial charge in [0.05, 0.1) is 11.5 Å². The standard InChI is InChI=1S/C20H24N4S/c1-23-9-2-10-24(12-11-23)18-6-8-22-19-4-3-16(5-7-21)13-20(19)15-25-14-17(18)20/h4-6,8,14H,2-3,9-13,15H2,1H3. The van der Waals surface area contributed by atoms with E-state index in [1.54, 1.807) is 6.08 Å². The first-order valence-corrected chi connectivity index (χ1v) is 10.1. The maximum absolute atomic E-state index is 9.10. The highest BCUT2D eigenvalue weighted by molar-refractivity contribution is 8.02. The zero-order valence-corrected chi connectivity index (χ0v) is 15.6. The van der Waals surface area contributed by atoms with Crippen LogP contribution in [0.5, 0.6) is 0 Å². The lowest BCUT2D eigenvalue weighted by Gasteiger charge is -2.38. The molecule has 0 aromatic carbocycles. The smallest absolute Gasteiger partial charge is 0.0911 e. The number of rotatable bonds is 1. The minimum Gasteiger partial charge on any atom is -0.370 e. The summed E-state index contributed by atoms with van der Waals surface area (Å²) >= 11 is 1.89. The fourth-order valence-corrected chi connectivity index (χ4v) is 5.60. The Morgan fingerprint density at radius 1 is 1.32 bits per heavy atom. The van der Waals surface area contributed by atoms with Crippen molar-refractivity contribution in [2.24, 2.45) is 10.4 Å². The maximum Gasteiger partial charge on any atom is 0.0911 e. The lowest BCUT2D eigenvalue weighted by Crippen LogP contribution is -2.35. The zero-order chi connectivity index (χ0) is 17.3. The molecule has 0 bridgehead atoms. The summed E-state index contributed by atoms with van der Waals surface area (Å²) in [6.45, 7) is 4.43. The highest BCUT2D eigenvalue weighted by Gasteiger charge is 2.46. The molecule has 0 aromatic heterocycles. The fraction of sp³-hybridized carbons (Fsp3) is 0.500. The van der Waals surface area contributed by atoms with Crippen molar-refractivity contribution in [3.8, 4) is 6.07 Å². The van der Waals surface area contributed by atoms with Gasteiger partial charge in [-0.25, -0.2) is 0 Å². The van der Waals surface area contributed by atoms with Crippen LogP contribution in [0.25, 0.3) is 0 Å². The lowest BCUT2D eigenvalue weighted by atomic mass is 9.70. The van der Waals surface area contributed by atoms with E-state index >= 15 is 0 Å². The average Bonchev–Trinajstić information content (AvgIpc) is 2.78. The number of hydrogen-bond donors (Lipinski definition) is 0. The van der Waals surface area contributed by atoms with E-state index in [9.17, 15) is 0 Å². The molecule has 0 N–H and O–H groups in total. The third-order valence-electron chi connectivity index (χ3n) is 5.67. The normalized spacial score (nSPS) is 31.3. The molecule has 0 radical (unpaired) electrons.